The highest BCUT2D eigenvalue weighted by atomic mass is 35.5. The second-order valence-electron chi connectivity index (χ2n) is 4.35. The quantitative estimate of drug-likeness (QED) is 0.549. The molecule has 0 amide bonds. The van der Waals surface area contributed by atoms with Gasteiger partial charge in [0.1, 0.15) is 10.5 Å². The van der Waals surface area contributed by atoms with Crippen LogP contribution in [0.2, 0.25) is 0 Å². The summed E-state index contributed by atoms with van der Waals surface area (Å²) in [6.07, 6.45) is 9.34. The van der Waals surface area contributed by atoms with E-state index in [2.05, 4.69) is 15.1 Å². The molecule has 0 bridgehead atoms. The molecule has 21 heavy (non-hydrogen) atoms. The van der Waals surface area contributed by atoms with Crippen molar-refractivity contribution < 1.29 is 4.52 Å². The molecular weight excluding hydrogens is 306 g/mol. The van der Waals surface area contributed by atoms with Gasteiger partial charge in [-0.15, -0.1) is 23.7 Å². The van der Waals surface area contributed by atoms with Crippen molar-refractivity contribution in [2.24, 2.45) is 0 Å². The fourth-order valence-corrected chi connectivity index (χ4v) is 2.87. The number of hydrogen-bond donors (Lipinski definition) is 0. The average Bonchev–Trinajstić information content (AvgIpc) is 3.10. The molecule has 1 aromatic carbocycles. The van der Waals surface area contributed by atoms with Gasteiger partial charge in [0, 0.05) is 11.6 Å². The Morgan fingerprint density at radius 2 is 2.05 bits per heavy atom. The third kappa shape index (κ3) is 2.66. The Hall–Kier alpha value is -2.24. The van der Waals surface area contributed by atoms with Crippen molar-refractivity contribution in [2.45, 2.75) is 0 Å². The molecule has 3 aromatic heterocycles. The largest absolute Gasteiger partial charge is 0.356 e. The van der Waals surface area contributed by atoms with Gasteiger partial charge >= 0.3 is 0 Å². The number of nitrogens with zero attached hydrogens (tertiary/aromatic N) is 3. The summed E-state index contributed by atoms with van der Waals surface area (Å²) >= 11 is 1.65. The molecule has 4 nitrogen and oxygen atoms in total. The summed E-state index contributed by atoms with van der Waals surface area (Å²) in [6, 6.07) is 7.94. The molecule has 0 aliphatic rings. The van der Waals surface area contributed by atoms with Crippen molar-refractivity contribution in [1.29, 1.82) is 0 Å². The lowest BCUT2D eigenvalue weighted by Crippen LogP contribution is -1.73. The third-order valence-corrected chi connectivity index (χ3v) is 4.00. The molecule has 0 spiro atoms. The predicted octanol–water partition coefficient (Wildman–Crippen LogP) is 4.42. The Bertz CT molecular complexity index is 892. The zero-order valence-corrected chi connectivity index (χ0v) is 12.4. The number of hydrogen-bond acceptors (Lipinski definition) is 5. The van der Waals surface area contributed by atoms with Gasteiger partial charge in [0.25, 0.3) is 0 Å². The Morgan fingerprint density at radius 1 is 1.10 bits per heavy atom. The van der Waals surface area contributed by atoms with E-state index in [1.807, 2.05) is 36.4 Å². The first kappa shape index (κ1) is 13.7. The Labute approximate surface area is 130 Å². The monoisotopic (exact) mass is 315 g/mol. The zero-order chi connectivity index (χ0) is 13.4. The molecule has 4 aromatic rings. The van der Waals surface area contributed by atoms with Gasteiger partial charge in [-0.05, 0) is 29.8 Å². The van der Waals surface area contributed by atoms with Crippen LogP contribution in [0.4, 0.5) is 0 Å². The van der Waals surface area contributed by atoms with Crippen molar-refractivity contribution in [2.75, 3.05) is 0 Å². The van der Waals surface area contributed by atoms with Gasteiger partial charge in [0.2, 0.25) is 0 Å². The van der Waals surface area contributed by atoms with E-state index in [0.29, 0.717) is 0 Å². The fourth-order valence-electron chi connectivity index (χ4n) is 2.03. The molecular formula is C15H10ClN3OS. The van der Waals surface area contributed by atoms with Crippen molar-refractivity contribution in [3.63, 3.8) is 0 Å². The van der Waals surface area contributed by atoms with E-state index in [9.17, 15) is 0 Å². The van der Waals surface area contributed by atoms with Crippen LogP contribution in [-0.4, -0.2) is 15.1 Å². The van der Waals surface area contributed by atoms with Crippen LogP contribution < -0.4 is 0 Å². The van der Waals surface area contributed by atoms with Crippen LogP contribution in [0.3, 0.4) is 0 Å². The zero-order valence-electron chi connectivity index (χ0n) is 10.8. The van der Waals surface area contributed by atoms with E-state index in [1.165, 1.54) is 0 Å². The van der Waals surface area contributed by atoms with Gasteiger partial charge in [-0.1, -0.05) is 17.3 Å². The van der Waals surface area contributed by atoms with Crippen LogP contribution >= 0.6 is 23.7 Å². The summed E-state index contributed by atoms with van der Waals surface area (Å²) in [5.74, 6) is 0. The second-order valence-corrected chi connectivity index (χ2v) is 5.41. The summed E-state index contributed by atoms with van der Waals surface area (Å²) in [5, 5.41) is 5.74. The molecule has 0 radical (unpaired) electrons. The minimum Gasteiger partial charge on any atom is -0.356 e. The number of thiazole rings is 1. The first-order chi connectivity index (χ1) is 9.88. The highest BCUT2D eigenvalue weighted by Gasteiger charge is 2.01. The van der Waals surface area contributed by atoms with Gasteiger partial charge in [-0.2, -0.15) is 0 Å². The van der Waals surface area contributed by atoms with Crippen molar-refractivity contribution in [3.8, 4) is 0 Å². The lowest BCUT2D eigenvalue weighted by molar-refractivity contribution is 0.456. The number of halogens is 1. The lowest BCUT2D eigenvalue weighted by Gasteiger charge is -1.91. The molecule has 0 aliphatic heterocycles. The van der Waals surface area contributed by atoms with E-state index in [-0.39, 0.29) is 12.4 Å². The number of aromatic nitrogens is 3. The molecule has 4 rings (SSSR count). The predicted molar refractivity (Wildman–Crippen MR) is 87.6 cm³/mol. The van der Waals surface area contributed by atoms with Gasteiger partial charge in [0.05, 0.1) is 17.1 Å². The molecule has 0 atom stereocenters. The summed E-state index contributed by atoms with van der Waals surface area (Å²) < 4.78 is 6.23. The Morgan fingerprint density at radius 3 is 2.95 bits per heavy atom. The minimum absolute atomic E-state index is 0. The number of benzene rings is 1. The first-order valence-electron chi connectivity index (χ1n) is 6.11. The number of fused-ring (bicyclic) bond motifs is 2. The highest BCUT2D eigenvalue weighted by molar-refractivity contribution is 7.19. The molecule has 0 aliphatic carbocycles. The fraction of sp³-hybridized carbons (Fsp3) is 0. The van der Waals surface area contributed by atoms with E-state index < -0.39 is 0 Å². The average molecular weight is 316 g/mol. The van der Waals surface area contributed by atoms with Crippen LogP contribution in [0.5, 0.6) is 0 Å². The molecule has 3 heterocycles. The topological polar surface area (TPSA) is 51.8 Å². The molecule has 104 valence electrons. The first-order valence-corrected chi connectivity index (χ1v) is 6.93. The smallest absolute Gasteiger partial charge is 0.166 e. The van der Waals surface area contributed by atoms with Gasteiger partial charge in [0.15, 0.2) is 5.58 Å². The second kappa shape index (κ2) is 5.63. The summed E-state index contributed by atoms with van der Waals surface area (Å²) in [6.45, 7) is 0. The molecule has 6 heteroatoms. The van der Waals surface area contributed by atoms with Gasteiger partial charge in [-0.25, -0.2) is 4.98 Å². The molecule has 0 unspecified atom stereocenters. The summed E-state index contributed by atoms with van der Waals surface area (Å²) in [4.78, 5) is 8.59. The molecule has 0 saturated heterocycles. The van der Waals surface area contributed by atoms with Crippen molar-refractivity contribution in [1.82, 2.24) is 15.1 Å². The van der Waals surface area contributed by atoms with Gasteiger partial charge < -0.3 is 4.52 Å². The molecule has 0 fully saturated rings. The Kier molecular flexibility index (Phi) is 3.68. The van der Waals surface area contributed by atoms with Gasteiger partial charge in [-0.3, -0.25) is 4.98 Å². The number of rotatable bonds is 2. The van der Waals surface area contributed by atoms with Crippen molar-refractivity contribution in [3.05, 3.63) is 53.4 Å². The van der Waals surface area contributed by atoms with Crippen LogP contribution in [0.25, 0.3) is 33.3 Å². The van der Waals surface area contributed by atoms with Crippen LogP contribution in [0.1, 0.15) is 10.6 Å². The van der Waals surface area contributed by atoms with Crippen LogP contribution in [0.15, 0.2) is 47.4 Å². The summed E-state index contributed by atoms with van der Waals surface area (Å²) in [7, 11) is 0. The van der Waals surface area contributed by atoms with E-state index in [1.54, 1.807) is 29.9 Å². The lowest BCUT2D eigenvalue weighted by atomic mass is 10.1. The maximum absolute atomic E-state index is 5.08. The normalized spacial score (nSPS) is 11.2. The maximum Gasteiger partial charge on any atom is 0.166 e. The minimum atomic E-state index is 0. The van der Waals surface area contributed by atoms with E-state index in [0.717, 1.165) is 31.8 Å². The highest BCUT2D eigenvalue weighted by Crippen LogP contribution is 2.23. The van der Waals surface area contributed by atoms with Crippen LogP contribution in [-0.2, 0) is 0 Å². The number of pyridine rings is 1. The Balaban J connectivity index is 0.00000132. The SMILES string of the molecule is C(=C\c1nc2cnccc2s1)/c1ccc2oncc2c1.Cl. The van der Waals surface area contributed by atoms with E-state index >= 15 is 0 Å². The molecule has 0 saturated carbocycles. The molecule has 0 N–H and O–H groups in total. The third-order valence-electron chi connectivity index (χ3n) is 3.00. The van der Waals surface area contributed by atoms with E-state index in [4.69, 9.17) is 4.52 Å². The van der Waals surface area contributed by atoms with Crippen molar-refractivity contribution >= 4 is 57.1 Å². The maximum atomic E-state index is 5.08. The standard InChI is InChI=1S/C15H9N3OS.ClH/c1-3-13-11(8-17-19-13)7-10(1)2-4-15-18-12-9-16-6-5-14(12)20-15;/h1-9H;1H/b4-2+;. The summed E-state index contributed by atoms with van der Waals surface area (Å²) in [5.41, 5.74) is 2.83. The van der Waals surface area contributed by atoms with Crippen LogP contribution in [0, 0.1) is 0 Å².